The number of hydrogen-bond acceptors (Lipinski definition) is 3. The molecular formula is C11H15FN2O2. The number of nitrogens with one attached hydrogen (secondary N) is 1. The first-order valence-electron chi connectivity index (χ1n) is 5.00. The molecule has 0 aliphatic heterocycles. The molecule has 0 aliphatic rings. The van der Waals surface area contributed by atoms with Crippen LogP contribution in [0, 0.1) is 5.82 Å². The van der Waals surface area contributed by atoms with Crippen LogP contribution in [0.4, 0.5) is 9.18 Å². The van der Waals surface area contributed by atoms with Gasteiger partial charge in [0.15, 0.2) is 0 Å². The Morgan fingerprint density at radius 3 is 3.00 bits per heavy atom. The van der Waals surface area contributed by atoms with E-state index in [0.717, 1.165) is 5.56 Å². The van der Waals surface area contributed by atoms with Crippen molar-refractivity contribution in [3.63, 3.8) is 0 Å². The van der Waals surface area contributed by atoms with E-state index in [1.165, 1.54) is 12.1 Å². The third-order valence-corrected chi connectivity index (χ3v) is 2.15. The molecule has 1 aromatic carbocycles. The number of hydrogen-bond donors (Lipinski definition) is 2. The third-order valence-electron chi connectivity index (χ3n) is 2.15. The molecule has 1 rings (SSSR count). The number of nitrogens with two attached hydrogens (primary N) is 1. The highest BCUT2D eigenvalue weighted by Gasteiger charge is 2.05. The van der Waals surface area contributed by atoms with Crippen LogP contribution in [0.5, 0.6) is 0 Å². The van der Waals surface area contributed by atoms with Crippen molar-refractivity contribution >= 4 is 6.09 Å². The molecule has 0 radical (unpaired) electrons. The normalized spacial score (nSPS) is 12.1. The highest BCUT2D eigenvalue weighted by atomic mass is 19.1. The maximum atomic E-state index is 12.9. The summed E-state index contributed by atoms with van der Waals surface area (Å²) in [6.07, 6.45) is -0.791. The summed E-state index contributed by atoms with van der Waals surface area (Å²) in [4.78, 5) is 10.3. The van der Waals surface area contributed by atoms with Gasteiger partial charge in [0.25, 0.3) is 0 Å². The molecule has 0 saturated heterocycles. The number of primary amides is 1. The fourth-order valence-electron chi connectivity index (χ4n) is 1.32. The summed E-state index contributed by atoms with van der Waals surface area (Å²) in [6.45, 7) is 2.58. The van der Waals surface area contributed by atoms with Crippen molar-refractivity contribution in [1.29, 1.82) is 0 Å². The average Bonchev–Trinajstić information content (AvgIpc) is 2.24. The van der Waals surface area contributed by atoms with Gasteiger partial charge in [-0.25, -0.2) is 9.18 Å². The molecule has 16 heavy (non-hydrogen) atoms. The number of carbonyl (C=O) groups is 1. The quantitative estimate of drug-likeness (QED) is 0.749. The molecule has 0 aliphatic carbocycles. The second-order valence-electron chi connectivity index (χ2n) is 3.40. The number of amides is 1. The zero-order chi connectivity index (χ0) is 12.0. The first-order valence-corrected chi connectivity index (χ1v) is 5.00. The molecule has 0 aromatic heterocycles. The smallest absolute Gasteiger partial charge is 0.404 e. The molecule has 0 saturated carbocycles. The van der Waals surface area contributed by atoms with Crippen LogP contribution in [0.15, 0.2) is 24.3 Å². The van der Waals surface area contributed by atoms with Crippen LogP contribution in [0.1, 0.15) is 18.5 Å². The minimum atomic E-state index is -0.791. The van der Waals surface area contributed by atoms with Crippen LogP contribution < -0.4 is 11.1 Å². The summed E-state index contributed by atoms with van der Waals surface area (Å²) in [5.74, 6) is -0.264. The van der Waals surface area contributed by atoms with Gasteiger partial charge < -0.3 is 15.8 Å². The van der Waals surface area contributed by atoms with E-state index in [4.69, 9.17) is 5.73 Å². The first-order chi connectivity index (χ1) is 7.59. The second-order valence-corrected chi connectivity index (χ2v) is 3.40. The molecule has 1 atom stereocenters. The SMILES string of the molecule is CC(NCCOC(N)=O)c1cccc(F)c1. The van der Waals surface area contributed by atoms with Gasteiger partial charge in [0.05, 0.1) is 0 Å². The summed E-state index contributed by atoms with van der Waals surface area (Å²) < 4.78 is 17.5. The number of benzene rings is 1. The molecule has 0 spiro atoms. The van der Waals surface area contributed by atoms with Crippen LogP contribution in [-0.2, 0) is 4.74 Å². The molecular weight excluding hydrogens is 211 g/mol. The molecule has 1 amide bonds. The zero-order valence-corrected chi connectivity index (χ0v) is 9.07. The fourth-order valence-corrected chi connectivity index (χ4v) is 1.32. The fraction of sp³-hybridized carbons (Fsp3) is 0.364. The van der Waals surface area contributed by atoms with Crippen LogP contribution in [0.2, 0.25) is 0 Å². The second kappa shape index (κ2) is 6.07. The van der Waals surface area contributed by atoms with Gasteiger partial charge in [-0.15, -0.1) is 0 Å². The van der Waals surface area contributed by atoms with Gasteiger partial charge in [0.2, 0.25) is 0 Å². The average molecular weight is 226 g/mol. The van der Waals surface area contributed by atoms with E-state index < -0.39 is 6.09 Å². The van der Waals surface area contributed by atoms with Crippen molar-refractivity contribution in [2.75, 3.05) is 13.2 Å². The van der Waals surface area contributed by atoms with Crippen molar-refractivity contribution < 1.29 is 13.9 Å². The van der Waals surface area contributed by atoms with Gasteiger partial charge in [-0.05, 0) is 24.6 Å². The number of halogens is 1. The Labute approximate surface area is 93.6 Å². The van der Waals surface area contributed by atoms with Crippen molar-refractivity contribution in [3.8, 4) is 0 Å². The van der Waals surface area contributed by atoms with E-state index in [0.29, 0.717) is 6.54 Å². The van der Waals surface area contributed by atoms with E-state index in [2.05, 4.69) is 10.1 Å². The first kappa shape index (κ1) is 12.4. The van der Waals surface area contributed by atoms with Crippen LogP contribution in [0.25, 0.3) is 0 Å². The lowest BCUT2D eigenvalue weighted by atomic mass is 10.1. The molecule has 0 bridgehead atoms. The summed E-state index contributed by atoms with van der Waals surface area (Å²) in [6, 6.07) is 6.34. The Morgan fingerprint density at radius 2 is 2.38 bits per heavy atom. The van der Waals surface area contributed by atoms with Crippen molar-refractivity contribution in [2.45, 2.75) is 13.0 Å². The van der Waals surface area contributed by atoms with E-state index in [1.54, 1.807) is 6.07 Å². The van der Waals surface area contributed by atoms with Gasteiger partial charge in [0, 0.05) is 12.6 Å². The number of carbonyl (C=O) groups excluding carboxylic acids is 1. The van der Waals surface area contributed by atoms with E-state index in [1.807, 2.05) is 13.0 Å². The summed E-state index contributed by atoms with van der Waals surface area (Å²) >= 11 is 0. The lowest BCUT2D eigenvalue weighted by Crippen LogP contribution is -2.25. The Hall–Kier alpha value is -1.62. The molecule has 0 fully saturated rings. The van der Waals surface area contributed by atoms with Gasteiger partial charge in [-0.1, -0.05) is 12.1 Å². The van der Waals surface area contributed by atoms with Crippen molar-refractivity contribution in [2.24, 2.45) is 5.73 Å². The molecule has 4 nitrogen and oxygen atoms in total. The molecule has 0 heterocycles. The molecule has 1 unspecified atom stereocenters. The number of ether oxygens (including phenoxy) is 1. The third kappa shape index (κ3) is 4.27. The lowest BCUT2D eigenvalue weighted by Gasteiger charge is -2.13. The molecule has 5 heteroatoms. The highest BCUT2D eigenvalue weighted by molar-refractivity contribution is 5.64. The highest BCUT2D eigenvalue weighted by Crippen LogP contribution is 2.12. The Balaban J connectivity index is 2.35. The van der Waals surface area contributed by atoms with Crippen LogP contribution >= 0.6 is 0 Å². The van der Waals surface area contributed by atoms with Crippen LogP contribution in [-0.4, -0.2) is 19.2 Å². The summed E-state index contributed by atoms with van der Waals surface area (Å²) in [5, 5.41) is 3.08. The predicted molar refractivity (Wildman–Crippen MR) is 58.4 cm³/mol. The minimum absolute atomic E-state index is 0.00724. The van der Waals surface area contributed by atoms with Gasteiger partial charge in [0.1, 0.15) is 12.4 Å². The van der Waals surface area contributed by atoms with Crippen molar-refractivity contribution in [3.05, 3.63) is 35.6 Å². The molecule has 3 N–H and O–H groups in total. The summed E-state index contributed by atoms with van der Waals surface area (Å²) in [5.41, 5.74) is 5.65. The lowest BCUT2D eigenvalue weighted by molar-refractivity contribution is 0.156. The Kier molecular flexibility index (Phi) is 4.72. The minimum Gasteiger partial charge on any atom is -0.448 e. The van der Waals surface area contributed by atoms with Gasteiger partial charge in [-0.3, -0.25) is 0 Å². The summed E-state index contributed by atoms with van der Waals surface area (Å²) in [7, 11) is 0. The van der Waals surface area contributed by atoms with Gasteiger partial charge >= 0.3 is 6.09 Å². The molecule has 88 valence electrons. The van der Waals surface area contributed by atoms with E-state index in [9.17, 15) is 9.18 Å². The maximum absolute atomic E-state index is 12.9. The monoisotopic (exact) mass is 226 g/mol. The largest absolute Gasteiger partial charge is 0.448 e. The van der Waals surface area contributed by atoms with E-state index >= 15 is 0 Å². The van der Waals surface area contributed by atoms with Crippen molar-refractivity contribution in [1.82, 2.24) is 5.32 Å². The predicted octanol–water partition coefficient (Wildman–Crippen LogP) is 1.57. The van der Waals surface area contributed by atoms with E-state index in [-0.39, 0.29) is 18.5 Å². The topological polar surface area (TPSA) is 64.3 Å². The Bertz CT molecular complexity index is 358. The molecule has 1 aromatic rings. The Morgan fingerprint density at radius 1 is 1.62 bits per heavy atom. The van der Waals surface area contributed by atoms with Crippen LogP contribution in [0.3, 0.4) is 0 Å². The number of rotatable bonds is 5. The maximum Gasteiger partial charge on any atom is 0.404 e. The zero-order valence-electron chi connectivity index (χ0n) is 9.07. The van der Waals surface area contributed by atoms with Gasteiger partial charge in [-0.2, -0.15) is 0 Å². The standard InChI is InChI=1S/C11H15FN2O2/c1-8(14-5-6-16-11(13)15)9-3-2-4-10(12)7-9/h2-4,7-8,14H,5-6H2,1H3,(H2,13,15).